The Morgan fingerprint density at radius 2 is 2.23 bits per heavy atom. The van der Waals surface area contributed by atoms with Gasteiger partial charge in [0.15, 0.2) is 0 Å². The van der Waals surface area contributed by atoms with Gasteiger partial charge in [-0.1, -0.05) is 0 Å². The molecule has 0 aliphatic heterocycles. The second kappa shape index (κ2) is 3.89. The lowest BCUT2D eigenvalue weighted by atomic mass is 10.0. The Kier molecular flexibility index (Phi) is 2.60. The summed E-state index contributed by atoms with van der Waals surface area (Å²) in [5, 5.41) is 9.62. The van der Waals surface area contributed by atoms with Gasteiger partial charge in [0.05, 0.1) is 16.8 Å². The second-order valence-electron chi connectivity index (χ2n) is 3.34. The number of fused-ring (bicyclic) bond motifs is 1. The molecule has 1 aliphatic carbocycles. The van der Waals surface area contributed by atoms with E-state index in [0.717, 1.165) is 17.8 Å². The fourth-order valence-electron chi connectivity index (χ4n) is 1.68. The second-order valence-corrected chi connectivity index (χ2v) is 4.51. The minimum atomic E-state index is 0.604. The molecule has 0 atom stereocenters. The topological polar surface area (TPSA) is 36.7 Å². The van der Waals surface area contributed by atoms with Crippen molar-refractivity contribution in [2.75, 3.05) is 0 Å². The predicted molar refractivity (Wildman–Crippen MR) is 52.7 cm³/mol. The average molecular weight is 192 g/mol. The molecule has 0 saturated carbocycles. The first kappa shape index (κ1) is 8.71. The van der Waals surface area contributed by atoms with Crippen LogP contribution in [0.2, 0.25) is 0 Å². The normalized spacial score (nSPS) is 15.0. The van der Waals surface area contributed by atoms with Crippen LogP contribution in [0.4, 0.5) is 0 Å². The van der Waals surface area contributed by atoms with Crippen molar-refractivity contribution in [3.05, 3.63) is 15.6 Å². The van der Waals surface area contributed by atoms with Gasteiger partial charge in [-0.15, -0.1) is 11.3 Å². The van der Waals surface area contributed by atoms with E-state index in [0.29, 0.717) is 6.42 Å². The molecule has 13 heavy (non-hydrogen) atoms. The third-order valence-corrected chi connectivity index (χ3v) is 3.56. The van der Waals surface area contributed by atoms with Crippen molar-refractivity contribution in [3.8, 4) is 6.07 Å². The van der Waals surface area contributed by atoms with Crippen molar-refractivity contribution in [1.82, 2.24) is 4.98 Å². The Morgan fingerprint density at radius 1 is 1.38 bits per heavy atom. The zero-order valence-electron chi connectivity index (χ0n) is 7.55. The molecule has 2 rings (SSSR count). The third-order valence-electron chi connectivity index (χ3n) is 2.34. The Bertz CT molecular complexity index is 312. The van der Waals surface area contributed by atoms with Crippen molar-refractivity contribution in [2.24, 2.45) is 0 Å². The van der Waals surface area contributed by atoms with Crippen LogP contribution in [0.25, 0.3) is 0 Å². The number of nitriles is 1. The van der Waals surface area contributed by atoms with Crippen LogP contribution in [-0.4, -0.2) is 4.98 Å². The van der Waals surface area contributed by atoms with Gasteiger partial charge < -0.3 is 0 Å². The highest BCUT2D eigenvalue weighted by Crippen LogP contribution is 2.27. The van der Waals surface area contributed by atoms with Crippen LogP contribution in [-0.2, 0) is 19.3 Å². The minimum Gasteiger partial charge on any atom is -0.246 e. The molecule has 1 aromatic rings. The monoisotopic (exact) mass is 192 g/mol. The van der Waals surface area contributed by atoms with Gasteiger partial charge in [-0.2, -0.15) is 5.26 Å². The molecule has 0 saturated heterocycles. The van der Waals surface area contributed by atoms with Gasteiger partial charge in [0.2, 0.25) is 0 Å². The van der Waals surface area contributed by atoms with Gasteiger partial charge in [-0.3, -0.25) is 0 Å². The number of aryl methyl sites for hydroxylation is 3. The molecule has 1 heterocycles. The summed E-state index contributed by atoms with van der Waals surface area (Å²) < 4.78 is 0. The first-order valence-corrected chi connectivity index (χ1v) is 5.56. The molecular formula is C10H12N2S. The summed E-state index contributed by atoms with van der Waals surface area (Å²) in [6.45, 7) is 0. The quantitative estimate of drug-likeness (QED) is 0.721. The van der Waals surface area contributed by atoms with Crippen molar-refractivity contribution in [3.63, 3.8) is 0 Å². The number of hydrogen-bond acceptors (Lipinski definition) is 3. The fourth-order valence-corrected chi connectivity index (χ4v) is 2.83. The largest absolute Gasteiger partial charge is 0.246 e. The predicted octanol–water partition coefficient (Wildman–Crippen LogP) is 2.48. The van der Waals surface area contributed by atoms with Gasteiger partial charge >= 0.3 is 0 Å². The van der Waals surface area contributed by atoms with Gasteiger partial charge in [-0.05, 0) is 25.7 Å². The fraction of sp³-hybridized carbons (Fsp3) is 0.600. The zero-order valence-corrected chi connectivity index (χ0v) is 8.36. The minimum absolute atomic E-state index is 0.604. The van der Waals surface area contributed by atoms with Crippen molar-refractivity contribution < 1.29 is 0 Å². The summed E-state index contributed by atoms with van der Waals surface area (Å²) in [6.07, 6.45) is 6.40. The number of rotatable bonds is 2. The molecule has 0 spiro atoms. The van der Waals surface area contributed by atoms with Gasteiger partial charge in [-0.25, -0.2) is 4.98 Å². The van der Waals surface area contributed by atoms with Gasteiger partial charge in [0.25, 0.3) is 0 Å². The van der Waals surface area contributed by atoms with Crippen LogP contribution < -0.4 is 0 Å². The summed E-state index contributed by atoms with van der Waals surface area (Å²) in [4.78, 5) is 6.03. The highest BCUT2D eigenvalue weighted by atomic mass is 32.1. The Morgan fingerprint density at radius 3 is 3.00 bits per heavy atom. The Hall–Kier alpha value is -0.880. The standard InChI is InChI=1S/C10H12N2S/c11-7-3-6-10-12-8-4-1-2-5-9(8)13-10/h1-6H2. The van der Waals surface area contributed by atoms with E-state index in [9.17, 15) is 0 Å². The summed E-state index contributed by atoms with van der Waals surface area (Å²) in [5.41, 5.74) is 1.31. The molecule has 0 bridgehead atoms. The van der Waals surface area contributed by atoms with Gasteiger partial charge in [0, 0.05) is 17.7 Å². The van der Waals surface area contributed by atoms with E-state index >= 15 is 0 Å². The lowest BCUT2D eigenvalue weighted by Crippen LogP contribution is -1.99. The first-order chi connectivity index (χ1) is 6.40. The smallest absolute Gasteiger partial charge is 0.0941 e. The molecule has 3 heteroatoms. The van der Waals surface area contributed by atoms with E-state index in [1.807, 2.05) is 11.3 Å². The Balaban J connectivity index is 2.12. The lowest BCUT2D eigenvalue weighted by Gasteiger charge is -2.06. The van der Waals surface area contributed by atoms with Crippen molar-refractivity contribution >= 4 is 11.3 Å². The van der Waals surface area contributed by atoms with E-state index in [2.05, 4.69) is 11.1 Å². The van der Waals surface area contributed by atoms with Crippen LogP contribution >= 0.6 is 11.3 Å². The first-order valence-electron chi connectivity index (χ1n) is 4.74. The van der Waals surface area contributed by atoms with E-state index in [1.165, 1.54) is 29.8 Å². The Labute approximate surface area is 82.2 Å². The van der Waals surface area contributed by atoms with Gasteiger partial charge in [0.1, 0.15) is 0 Å². The molecule has 2 nitrogen and oxygen atoms in total. The highest BCUT2D eigenvalue weighted by molar-refractivity contribution is 7.11. The molecule has 0 unspecified atom stereocenters. The molecule has 68 valence electrons. The van der Waals surface area contributed by atoms with Crippen LogP contribution in [0.1, 0.15) is 34.8 Å². The van der Waals surface area contributed by atoms with E-state index < -0.39 is 0 Å². The molecule has 0 fully saturated rings. The maximum Gasteiger partial charge on any atom is 0.0941 e. The number of hydrogen-bond donors (Lipinski definition) is 0. The molecular weight excluding hydrogens is 180 g/mol. The molecule has 1 aromatic heterocycles. The van der Waals surface area contributed by atoms with Crippen LogP contribution in [0.5, 0.6) is 0 Å². The zero-order chi connectivity index (χ0) is 9.10. The van der Waals surface area contributed by atoms with Crippen molar-refractivity contribution in [2.45, 2.75) is 38.5 Å². The molecule has 0 aromatic carbocycles. The molecule has 1 aliphatic rings. The summed E-state index contributed by atoms with van der Waals surface area (Å²) >= 11 is 1.81. The van der Waals surface area contributed by atoms with Crippen LogP contribution in [0.3, 0.4) is 0 Å². The van der Waals surface area contributed by atoms with E-state index in [-0.39, 0.29) is 0 Å². The van der Waals surface area contributed by atoms with E-state index in [1.54, 1.807) is 0 Å². The summed E-state index contributed by atoms with van der Waals surface area (Å²) in [5.74, 6) is 0. The number of nitrogens with zero attached hydrogens (tertiary/aromatic N) is 2. The maximum atomic E-state index is 8.46. The van der Waals surface area contributed by atoms with Crippen LogP contribution in [0, 0.1) is 11.3 Å². The SMILES string of the molecule is N#CCCc1nc2c(s1)CCCC2. The molecule has 0 N–H and O–H groups in total. The van der Waals surface area contributed by atoms with E-state index in [4.69, 9.17) is 5.26 Å². The molecule has 0 amide bonds. The third kappa shape index (κ3) is 1.89. The number of thiazole rings is 1. The molecule has 0 radical (unpaired) electrons. The summed E-state index contributed by atoms with van der Waals surface area (Å²) in [6, 6.07) is 2.16. The lowest BCUT2D eigenvalue weighted by molar-refractivity contribution is 0.680. The number of aromatic nitrogens is 1. The van der Waals surface area contributed by atoms with Crippen LogP contribution in [0.15, 0.2) is 0 Å². The highest BCUT2D eigenvalue weighted by Gasteiger charge is 2.14. The average Bonchev–Trinajstić information content (AvgIpc) is 2.57. The maximum absolute atomic E-state index is 8.46. The van der Waals surface area contributed by atoms with Crippen molar-refractivity contribution in [1.29, 1.82) is 5.26 Å². The summed E-state index contributed by atoms with van der Waals surface area (Å²) in [7, 11) is 0.